The van der Waals surface area contributed by atoms with Crippen molar-refractivity contribution in [1.29, 1.82) is 0 Å². The topological polar surface area (TPSA) is 62.9 Å². The second-order valence-corrected chi connectivity index (χ2v) is 5.47. The zero-order valence-electron chi connectivity index (χ0n) is 13.6. The molecule has 1 amide bonds. The quantitative estimate of drug-likeness (QED) is 0.890. The molecule has 1 N–H and O–H groups in total. The van der Waals surface area contributed by atoms with E-state index in [-0.39, 0.29) is 19.1 Å². The number of aliphatic hydroxyl groups excluding tert-OH is 1. The minimum Gasteiger partial charge on any atom is -0.450 e. The number of carbonyl (C=O) groups is 1. The summed E-state index contributed by atoms with van der Waals surface area (Å²) in [5.74, 6) is 0.135. The van der Waals surface area contributed by atoms with E-state index in [0.717, 1.165) is 27.7 Å². The Bertz CT molecular complexity index is 675. The van der Waals surface area contributed by atoms with Crippen LogP contribution in [-0.2, 0) is 4.74 Å². The number of carbonyl (C=O) groups excluding carboxylic acids is 1. The smallest absolute Gasteiger partial charge is 0.290 e. The first-order valence-corrected chi connectivity index (χ1v) is 7.39. The Morgan fingerprint density at radius 1 is 1.23 bits per heavy atom. The molecule has 0 fully saturated rings. The number of methoxy groups -OCH3 is 1. The van der Waals surface area contributed by atoms with Gasteiger partial charge in [0.1, 0.15) is 5.58 Å². The molecule has 0 unspecified atom stereocenters. The Hall–Kier alpha value is -1.85. The first-order chi connectivity index (χ1) is 10.5. The van der Waals surface area contributed by atoms with E-state index in [1.54, 1.807) is 12.0 Å². The van der Waals surface area contributed by atoms with Gasteiger partial charge in [0.15, 0.2) is 5.76 Å². The molecule has 2 rings (SSSR count). The third kappa shape index (κ3) is 3.00. The summed E-state index contributed by atoms with van der Waals surface area (Å²) in [5, 5.41) is 10.2. The number of benzene rings is 1. The maximum absolute atomic E-state index is 12.7. The highest BCUT2D eigenvalue weighted by Gasteiger charge is 2.24. The molecule has 22 heavy (non-hydrogen) atoms. The molecule has 120 valence electrons. The van der Waals surface area contributed by atoms with Crippen molar-refractivity contribution in [3.63, 3.8) is 0 Å². The zero-order chi connectivity index (χ0) is 16.3. The van der Waals surface area contributed by atoms with E-state index in [9.17, 15) is 4.79 Å². The minimum absolute atomic E-state index is 0.0905. The van der Waals surface area contributed by atoms with E-state index < -0.39 is 0 Å². The summed E-state index contributed by atoms with van der Waals surface area (Å²) in [5.41, 5.74) is 3.71. The number of aliphatic hydroxyl groups is 1. The van der Waals surface area contributed by atoms with Crippen molar-refractivity contribution >= 4 is 16.9 Å². The molecule has 1 aromatic heterocycles. The van der Waals surface area contributed by atoms with Crippen LogP contribution in [0.25, 0.3) is 11.0 Å². The fraction of sp³-hybridized carbons (Fsp3) is 0.471. The summed E-state index contributed by atoms with van der Waals surface area (Å²) in [6.45, 7) is 6.89. The summed E-state index contributed by atoms with van der Waals surface area (Å²) in [6.07, 6.45) is 0. The molecular formula is C17H23NO4. The number of nitrogens with zero attached hydrogens (tertiary/aromatic N) is 1. The molecule has 0 atom stereocenters. The molecule has 0 spiro atoms. The second kappa shape index (κ2) is 6.94. The Morgan fingerprint density at radius 3 is 2.50 bits per heavy atom. The van der Waals surface area contributed by atoms with E-state index in [2.05, 4.69) is 0 Å². The van der Waals surface area contributed by atoms with Crippen LogP contribution in [0.4, 0.5) is 0 Å². The van der Waals surface area contributed by atoms with Gasteiger partial charge >= 0.3 is 0 Å². The van der Waals surface area contributed by atoms with Gasteiger partial charge in [-0.3, -0.25) is 4.79 Å². The summed E-state index contributed by atoms with van der Waals surface area (Å²) in [6, 6.07) is 4.02. The minimum atomic E-state index is -0.210. The lowest BCUT2D eigenvalue weighted by Crippen LogP contribution is -2.36. The fourth-order valence-electron chi connectivity index (χ4n) is 2.66. The molecule has 0 bridgehead atoms. The number of ether oxygens (including phenoxy) is 1. The predicted molar refractivity (Wildman–Crippen MR) is 85.3 cm³/mol. The number of fused-ring (bicyclic) bond motifs is 1. The van der Waals surface area contributed by atoms with Crippen molar-refractivity contribution < 1.29 is 19.1 Å². The number of rotatable bonds is 6. The summed E-state index contributed by atoms with van der Waals surface area (Å²) in [7, 11) is 1.58. The highest BCUT2D eigenvalue weighted by Crippen LogP contribution is 2.31. The molecule has 5 nitrogen and oxygen atoms in total. The van der Waals surface area contributed by atoms with Crippen molar-refractivity contribution in [2.24, 2.45) is 0 Å². The maximum Gasteiger partial charge on any atom is 0.290 e. The van der Waals surface area contributed by atoms with E-state index in [1.165, 1.54) is 0 Å². The van der Waals surface area contributed by atoms with Gasteiger partial charge in [-0.05, 0) is 31.9 Å². The van der Waals surface area contributed by atoms with Crippen molar-refractivity contribution in [1.82, 2.24) is 4.90 Å². The lowest BCUT2D eigenvalue weighted by Gasteiger charge is -2.20. The Kier molecular flexibility index (Phi) is 5.21. The molecule has 0 saturated heterocycles. The normalized spacial score (nSPS) is 11.1. The standard InChI is InChI=1S/C17H23NO4/c1-11-5-6-12(2)15-14(11)13(3)16(22-15)17(20)18(7-9-19)8-10-21-4/h5-6,19H,7-10H2,1-4H3. The third-order valence-corrected chi connectivity index (χ3v) is 3.90. The van der Waals surface area contributed by atoms with Crippen LogP contribution < -0.4 is 0 Å². The fourth-order valence-corrected chi connectivity index (χ4v) is 2.66. The summed E-state index contributed by atoms with van der Waals surface area (Å²) in [4.78, 5) is 14.3. The van der Waals surface area contributed by atoms with Crippen LogP contribution in [0.3, 0.4) is 0 Å². The number of hydrogen-bond donors (Lipinski definition) is 1. The lowest BCUT2D eigenvalue weighted by molar-refractivity contribution is 0.0627. The molecule has 0 aliphatic carbocycles. The van der Waals surface area contributed by atoms with Gasteiger partial charge in [0.05, 0.1) is 13.2 Å². The molecule has 0 radical (unpaired) electrons. The number of amides is 1. The summed E-state index contributed by atoms with van der Waals surface area (Å²) < 4.78 is 10.9. The van der Waals surface area contributed by atoms with Crippen LogP contribution in [0.1, 0.15) is 27.2 Å². The third-order valence-electron chi connectivity index (χ3n) is 3.90. The van der Waals surface area contributed by atoms with Gasteiger partial charge in [-0.1, -0.05) is 12.1 Å². The number of aryl methyl sites for hydroxylation is 3. The first kappa shape index (κ1) is 16.5. The highest BCUT2D eigenvalue weighted by molar-refractivity contribution is 6.00. The highest BCUT2D eigenvalue weighted by atomic mass is 16.5. The number of hydrogen-bond acceptors (Lipinski definition) is 4. The number of furan rings is 1. The van der Waals surface area contributed by atoms with Gasteiger partial charge in [0.25, 0.3) is 5.91 Å². The largest absolute Gasteiger partial charge is 0.450 e. The van der Waals surface area contributed by atoms with Crippen LogP contribution in [0.15, 0.2) is 16.5 Å². The molecule has 5 heteroatoms. The van der Waals surface area contributed by atoms with E-state index in [0.29, 0.717) is 18.9 Å². The molecule has 2 aromatic rings. The average molecular weight is 305 g/mol. The Morgan fingerprint density at radius 2 is 1.91 bits per heavy atom. The van der Waals surface area contributed by atoms with E-state index in [1.807, 2.05) is 32.9 Å². The van der Waals surface area contributed by atoms with Gasteiger partial charge < -0.3 is 19.2 Å². The van der Waals surface area contributed by atoms with Crippen LogP contribution in [0.2, 0.25) is 0 Å². The van der Waals surface area contributed by atoms with Crippen LogP contribution >= 0.6 is 0 Å². The van der Waals surface area contributed by atoms with Crippen molar-refractivity contribution in [3.05, 3.63) is 34.6 Å². The Balaban J connectivity index is 2.44. The van der Waals surface area contributed by atoms with Crippen molar-refractivity contribution in [2.45, 2.75) is 20.8 Å². The molecule has 0 saturated carbocycles. The SMILES string of the molecule is COCCN(CCO)C(=O)c1oc2c(C)ccc(C)c2c1C. The molecule has 1 heterocycles. The monoisotopic (exact) mass is 305 g/mol. The van der Waals surface area contributed by atoms with E-state index in [4.69, 9.17) is 14.3 Å². The molecular weight excluding hydrogens is 282 g/mol. The van der Waals surface area contributed by atoms with Crippen LogP contribution in [-0.4, -0.2) is 49.3 Å². The van der Waals surface area contributed by atoms with Gasteiger partial charge in [0, 0.05) is 31.1 Å². The van der Waals surface area contributed by atoms with Gasteiger partial charge in [-0.2, -0.15) is 0 Å². The summed E-state index contributed by atoms with van der Waals surface area (Å²) >= 11 is 0. The maximum atomic E-state index is 12.7. The molecule has 0 aliphatic rings. The van der Waals surface area contributed by atoms with E-state index >= 15 is 0 Å². The van der Waals surface area contributed by atoms with Crippen LogP contribution in [0, 0.1) is 20.8 Å². The zero-order valence-corrected chi connectivity index (χ0v) is 13.6. The van der Waals surface area contributed by atoms with Crippen molar-refractivity contribution in [3.8, 4) is 0 Å². The second-order valence-electron chi connectivity index (χ2n) is 5.47. The van der Waals surface area contributed by atoms with Crippen LogP contribution in [0.5, 0.6) is 0 Å². The van der Waals surface area contributed by atoms with Gasteiger partial charge in [0.2, 0.25) is 0 Å². The molecule has 0 aliphatic heterocycles. The lowest BCUT2D eigenvalue weighted by atomic mass is 10.0. The molecule has 1 aromatic carbocycles. The predicted octanol–water partition coefficient (Wildman–Crippen LogP) is 2.44. The average Bonchev–Trinajstić information content (AvgIpc) is 2.85. The van der Waals surface area contributed by atoms with Gasteiger partial charge in [-0.15, -0.1) is 0 Å². The van der Waals surface area contributed by atoms with Crippen molar-refractivity contribution in [2.75, 3.05) is 33.4 Å². The first-order valence-electron chi connectivity index (χ1n) is 7.39. The Labute approximate surface area is 130 Å². The van der Waals surface area contributed by atoms with Gasteiger partial charge in [-0.25, -0.2) is 0 Å².